The fourth-order valence-corrected chi connectivity index (χ4v) is 4.09. The van der Waals surface area contributed by atoms with Crippen LogP contribution in [-0.2, 0) is 4.79 Å². The van der Waals surface area contributed by atoms with Crippen LogP contribution in [-0.4, -0.2) is 58.5 Å². The monoisotopic (exact) mass is 399 g/mol. The molecule has 0 saturated carbocycles. The summed E-state index contributed by atoms with van der Waals surface area (Å²) in [4.78, 5) is 23.4. The lowest BCUT2D eigenvalue weighted by molar-refractivity contribution is -0.274. The van der Waals surface area contributed by atoms with Crippen LogP contribution in [0.25, 0.3) is 10.9 Å². The Morgan fingerprint density at radius 1 is 1.36 bits per heavy atom. The van der Waals surface area contributed by atoms with E-state index in [9.17, 15) is 18.0 Å². The van der Waals surface area contributed by atoms with Crippen LogP contribution in [0, 0.1) is 11.8 Å². The number of nitrogens with one attached hydrogen (secondary N) is 1. The number of ketones is 1. The minimum absolute atomic E-state index is 0.0945. The summed E-state index contributed by atoms with van der Waals surface area (Å²) >= 11 is 0. The first-order valence-electron chi connectivity index (χ1n) is 8.88. The minimum Gasteiger partial charge on any atom is -0.483 e. The maximum absolute atomic E-state index is 12.7. The molecule has 2 aromatic rings. The van der Waals surface area contributed by atoms with Crippen molar-refractivity contribution in [1.29, 1.82) is 0 Å². The molecule has 1 atom stereocenters. The highest BCUT2D eigenvalue weighted by molar-refractivity contribution is 6.07. The second-order valence-electron chi connectivity index (χ2n) is 6.93. The van der Waals surface area contributed by atoms with E-state index in [0.29, 0.717) is 23.6 Å². The molecule has 10 heteroatoms. The van der Waals surface area contributed by atoms with Crippen molar-refractivity contribution in [3.05, 3.63) is 23.9 Å². The van der Waals surface area contributed by atoms with Crippen LogP contribution >= 0.6 is 0 Å². The predicted molar refractivity (Wildman–Crippen MR) is 93.1 cm³/mol. The van der Waals surface area contributed by atoms with Crippen LogP contribution in [0.3, 0.4) is 0 Å². The van der Waals surface area contributed by atoms with Crippen LogP contribution in [0.5, 0.6) is 5.75 Å². The fourth-order valence-electron chi connectivity index (χ4n) is 4.09. The molecule has 3 fully saturated rings. The third-order valence-corrected chi connectivity index (χ3v) is 5.29. The Morgan fingerprint density at radius 3 is 2.61 bits per heavy atom. The molecule has 0 spiro atoms. The van der Waals surface area contributed by atoms with E-state index in [0.717, 1.165) is 32.5 Å². The lowest BCUT2D eigenvalue weighted by Gasteiger charge is -2.44. The molecule has 1 aromatic heterocycles. The normalized spacial score (nSPS) is 23.8. The standard InChI is InChI=1S/C17H18F3N3O2.CH2O2/c18-17(19,20)25-14-3-1-2-12-15(21-22-16(12)14)13(24)8-11-9-23-6-4-10(11)5-7-23;2-1-3/h1-3,10-11H,4-9H2,(H,21,22);1H,(H,2,3)/t11-;/m0./s1. The Kier molecular flexibility index (Phi) is 5.87. The number of H-pyrrole nitrogens is 1. The van der Waals surface area contributed by atoms with Gasteiger partial charge in [-0.05, 0) is 43.8 Å². The van der Waals surface area contributed by atoms with Crippen molar-refractivity contribution in [2.24, 2.45) is 11.8 Å². The molecule has 152 valence electrons. The maximum atomic E-state index is 12.7. The summed E-state index contributed by atoms with van der Waals surface area (Å²) in [5.74, 6) is 0.355. The molecule has 5 rings (SSSR count). The van der Waals surface area contributed by atoms with Gasteiger partial charge in [0, 0.05) is 18.4 Å². The Hall–Kier alpha value is -2.62. The summed E-state index contributed by atoms with van der Waals surface area (Å²) < 4.78 is 41.5. The predicted octanol–water partition coefficient (Wildman–Crippen LogP) is 3.08. The zero-order valence-corrected chi connectivity index (χ0v) is 14.9. The van der Waals surface area contributed by atoms with E-state index in [2.05, 4.69) is 19.8 Å². The van der Waals surface area contributed by atoms with E-state index >= 15 is 0 Å². The number of halogens is 3. The van der Waals surface area contributed by atoms with E-state index in [-0.39, 0.29) is 29.2 Å². The molecule has 3 aliphatic rings. The van der Waals surface area contributed by atoms with Gasteiger partial charge in [-0.15, -0.1) is 13.2 Å². The van der Waals surface area contributed by atoms with E-state index in [1.807, 2.05) is 0 Å². The lowest BCUT2D eigenvalue weighted by atomic mass is 9.76. The first kappa shape index (κ1) is 20.1. The molecule has 3 aliphatic heterocycles. The number of fused-ring (bicyclic) bond motifs is 4. The Bertz CT molecular complexity index is 844. The average molecular weight is 399 g/mol. The fraction of sp³-hybridized carbons (Fsp3) is 0.500. The van der Waals surface area contributed by atoms with Crippen LogP contribution < -0.4 is 4.74 Å². The average Bonchev–Trinajstić information content (AvgIpc) is 3.07. The summed E-state index contributed by atoms with van der Waals surface area (Å²) in [5.41, 5.74) is 0.288. The van der Waals surface area contributed by atoms with Gasteiger partial charge in [0.1, 0.15) is 11.2 Å². The number of carbonyl (C=O) groups is 2. The van der Waals surface area contributed by atoms with Crippen molar-refractivity contribution in [2.75, 3.05) is 19.6 Å². The number of para-hydroxylation sites is 1. The van der Waals surface area contributed by atoms with Crippen LogP contribution in [0.15, 0.2) is 18.2 Å². The SMILES string of the molecule is O=C(C[C@H]1CN2CCC1CC2)c1n[nH]c2c(OC(F)(F)F)cccc12.O=CO. The minimum atomic E-state index is -4.79. The smallest absolute Gasteiger partial charge is 0.483 e. The molecule has 28 heavy (non-hydrogen) atoms. The summed E-state index contributed by atoms with van der Waals surface area (Å²) in [6.45, 7) is 2.86. The first-order valence-corrected chi connectivity index (χ1v) is 8.88. The van der Waals surface area contributed by atoms with Crippen molar-refractivity contribution in [1.82, 2.24) is 15.1 Å². The molecule has 7 nitrogen and oxygen atoms in total. The Morgan fingerprint density at radius 2 is 2.04 bits per heavy atom. The number of carboxylic acid groups (broad SMARTS) is 1. The molecule has 0 aliphatic carbocycles. The number of hydrogen-bond donors (Lipinski definition) is 2. The number of hydrogen-bond acceptors (Lipinski definition) is 5. The quantitative estimate of drug-likeness (QED) is 0.606. The summed E-state index contributed by atoms with van der Waals surface area (Å²) in [6.07, 6.45) is -2.18. The van der Waals surface area contributed by atoms with Gasteiger partial charge in [-0.3, -0.25) is 14.7 Å². The van der Waals surface area contributed by atoms with Gasteiger partial charge in [0.2, 0.25) is 0 Å². The molecule has 0 unspecified atom stereocenters. The molecular weight excluding hydrogens is 379 g/mol. The van der Waals surface area contributed by atoms with Gasteiger partial charge in [-0.1, -0.05) is 12.1 Å². The number of piperidine rings is 3. The largest absolute Gasteiger partial charge is 0.573 e. The number of ether oxygens (including phenoxy) is 1. The highest BCUT2D eigenvalue weighted by atomic mass is 19.4. The zero-order chi connectivity index (χ0) is 20.3. The summed E-state index contributed by atoms with van der Waals surface area (Å²) in [6, 6.07) is 4.23. The van der Waals surface area contributed by atoms with Crippen molar-refractivity contribution in [3.63, 3.8) is 0 Å². The first-order chi connectivity index (χ1) is 13.3. The van der Waals surface area contributed by atoms with Crippen LogP contribution in [0.4, 0.5) is 13.2 Å². The third kappa shape index (κ3) is 4.44. The van der Waals surface area contributed by atoms with E-state index in [4.69, 9.17) is 9.90 Å². The molecule has 4 heterocycles. The highest BCUT2D eigenvalue weighted by Crippen LogP contribution is 2.36. The van der Waals surface area contributed by atoms with E-state index in [1.54, 1.807) is 6.07 Å². The number of alkyl halides is 3. The molecule has 2 N–H and O–H groups in total. The maximum Gasteiger partial charge on any atom is 0.573 e. The van der Waals surface area contributed by atoms with Gasteiger partial charge in [0.05, 0.1) is 0 Å². The molecule has 1 aromatic carbocycles. The topological polar surface area (TPSA) is 95.5 Å². The van der Waals surface area contributed by atoms with Gasteiger partial charge >= 0.3 is 6.36 Å². The second kappa shape index (κ2) is 8.17. The number of nitrogens with zero attached hydrogens (tertiary/aromatic N) is 2. The van der Waals surface area contributed by atoms with E-state index in [1.165, 1.54) is 12.1 Å². The lowest BCUT2D eigenvalue weighted by Crippen LogP contribution is -2.47. The van der Waals surface area contributed by atoms with Crippen LogP contribution in [0.2, 0.25) is 0 Å². The van der Waals surface area contributed by atoms with Gasteiger partial charge in [0.15, 0.2) is 11.5 Å². The number of carbonyl (C=O) groups excluding carboxylic acids is 1. The second-order valence-corrected chi connectivity index (χ2v) is 6.93. The van der Waals surface area contributed by atoms with Gasteiger partial charge in [-0.25, -0.2) is 0 Å². The number of aromatic amines is 1. The molecule has 3 saturated heterocycles. The van der Waals surface area contributed by atoms with E-state index < -0.39 is 6.36 Å². The van der Waals surface area contributed by atoms with Gasteiger partial charge in [0.25, 0.3) is 6.47 Å². The number of aromatic nitrogens is 2. The summed E-state index contributed by atoms with van der Waals surface area (Å²) in [5, 5.41) is 13.8. The zero-order valence-electron chi connectivity index (χ0n) is 14.9. The van der Waals surface area contributed by atoms with Crippen molar-refractivity contribution in [3.8, 4) is 5.75 Å². The Labute approximate surface area is 158 Å². The van der Waals surface area contributed by atoms with Gasteiger partial charge in [-0.2, -0.15) is 5.10 Å². The summed E-state index contributed by atoms with van der Waals surface area (Å²) in [7, 11) is 0. The molecule has 2 bridgehead atoms. The van der Waals surface area contributed by atoms with Crippen LogP contribution in [0.1, 0.15) is 29.8 Å². The van der Waals surface area contributed by atoms with Crippen molar-refractivity contribution < 1.29 is 32.6 Å². The molecule has 0 radical (unpaired) electrons. The third-order valence-electron chi connectivity index (χ3n) is 5.29. The number of rotatable bonds is 4. The van der Waals surface area contributed by atoms with Crippen molar-refractivity contribution >= 4 is 23.2 Å². The van der Waals surface area contributed by atoms with Gasteiger partial charge < -0.3 is 14.7 Å². The van der Waals surface area contributed by atoms with Crippen molar-refractivity contribution in [2.45, 2.75) is 25.6 Å². The number of benzene rings is 1. The Balaban J connectivity index is 0.000000706. The number of Topliss-reactive ketones (excluding diaryl/α,β-unsaturated/α-hetero) is 1. The molecule has 0 amide bonds. The highest BCUT2D eigenvalue weighted by Gasteiger charge is 2.36. The molecular formula is C18H20F3N3O4.